The van der Waals surface area contributed by atoms with Gasteiger partial charge in [-0.05, 0) is 105 Å². The van der Waals surface area contributed by atoms with Gasteiger partial charge in [0, 0.05) is 71.3 Å². The molecule has 5 aliphatic rings. The van der Waals surface area contributed by atoms with E-state index in [0.29, 0.717) is 82.5 Å². The van der Waals surface area contributed by atoms with Crippen LogP contribution in [0.15, 0.2) is 136 Å². The Balaban J connectivity index is 0.888. The summed E-state index contributed by atoms with van der Waals surface area (Å²) in [5.41, 5.74) is 6.28. The maximum Gasteiger partial charge on any atom is 0.281 e. The van der Waals surface area contributed by atoms with Crippen LogP contribution in [0, 0.1) is 20.8 Å². The average Bonchev–Trinajstić information content (AvgIpc) is 3.58. The molecule has 5 aromatic rings. The SMILES string of the molecule is CC1=NN(c2c(C)cc(C)cc2C)C(=O)/C1=C1/C(=O)C(C2=CC=C(N(CCCCN3C(=O)c4cccc5cccc(c45)C3=O)CCCN3C(=O)c4cccc5cccc(c45)C3=O)CC2O)=C1O. The quantitative estimate of drug-likeness (QED) is 0.0717. The molecule has 3 aliphatic heterocycles. The van der Waals surface area contributed by atoms with Gasteiger partial charge in [-0.2, -0.15) is 10.1 Å². The second-order valence-electron chi connectivity index (χ2n) is 17.8. The Labute approximate surface area is 386 Å². The number of rotatable bonds is 12. The molecule has 67 heavy (non-hydrogen) atoms. The van der Waals surface area contributed by atoms with E-state index in [2.05, 4.69) is 5.10 Å². The van der Waals surface area contributed by atoms with Gasteiger partial charge in [0.25, 0.3) is 29.5 Å². The number of carbonyl (C=O) groups excluding carboxylic acids is 6. The van der Waals surface area contributed by atoms with Gasteiger partial charge in [0.2, 0.25) is 5.78 Å². The van der Waals surface area contributed by atoms with Crippen LogP contribution in [0.2, 0.25) is 0 Å². The average molecular weight is 894 g/mol. The molecule has 0 saturated heterocycles. The number of hydrogen-bond donors (Lipinski definition) is 2. The van der Waals surface area contributed by atoms with Crippen molar-refractivity contribution in [1.82, 2.24) is 14.7 Å². The largest absolute Gasteiger partial charge is 0.506 e. The molecule has 0 bridgehead atoms. The summed E-state index contributed by atoms with van der Waals surface area (Å²) >= 11 is 0. The second kappa shape index (κ2) is 16.6. The van der Waals surface area contributed by atoms with Crippen LogP contribution in [0.3, 0.4) is 0 Å². The van der Waals surface area contributed by atoms with Crippen molar-refractivity contribution in [1.29, 1.82) is 0 Å². The van der Waals surface area contributed by atoms with Crippen LogP contribution in [-0.2, 0) is 9.59 Å². The summed E-state index contributed by atoms with van der Waals surface area (Å²) in [7, 11) is 0. The lowest BCUT2D eigenvalue weighted by atomic mass is 9.76. The van der Waals surface area contributed by atoms with Gasteiger partial charge in [0.1, 0.15) is 5.76 Å². The van der Waals surface area contributed by atoms with Gasteiger partial charge in [0.15, 0.2) is 0 Å². The van der Waals surface area contributed by atoms with Gasteiger partial charge >= 0.3 is 0 Å². The molecule has 0 saturated carbocycles. The topological polar surface area (TPSA) is 168 Å². The maximum absolute atomic E-state index is 13.9. The highest BCUT2D eigenvalue weighted by Gasteiger charge is 2.45. The second-order valence-corrected chi connectivity index (χ2v) is 17.8. The number of aliphatic hydroxyl groups is 2. The number of benzene rings is 5. The number of Topliss-reactive ketones (excluding diaryl/α,β-unsaturated/α-hetero) is 1. The van der Waals surface area contributed by atoms with Gasteiger partial charge in [-0.3, -0.25) is 38.6 Å². The van der Waals surface area contributed by atoms with E-state index in [9.17, 15) is 39.0 Å². The molecule has 10 rings (SSSR count). The van der Waals surface area contributed by atoms with E-state index < -0.39 is 17.8 Å². The zero-order valence-electron chi connectivity index (χ0n) is 37.6. The minimum absolute atomic E-state index is 0.0130. The Morgan fingerprint density at radius 3 is 1.60 bits per heavy atom. The molecule has 13 nitrogen and oxygen atoms in total. The van der Waals surface area contributed by atoms with Crippen molar-refractivity contribution in [2.45, 2.75) is 59.5 Å². The molecule has 336 valence electrons. The summed E-state index contributed by atoms with van der Waals surface area (Å²) < 4.78 is 0. The summed E-state index contributed by atoms with van der Waals surface area (Å²) in [6.07, 6.45) is 3.65. The zero-order valence-corrected chi connectivity index (χ0v) is 37.6. The molecule has 3 heterocycles. The molecule has 5 amide bonds. The van der Waals surface area contributed by atoms with E-state index in [1.165, 1.54) is 14.8 Å². The number of nitrogens with zero attached hydrogens (tertiary/aromatic N) is 5. The Morgan fingerprint density at radius 1 is 0.612 bits per heavy atom. The third-order valence-corrected chi connectivity index (χ3v) is 13.5. The number of aliphatic hydroxyl groups excluding tert-OH is 2. The lowest BCUT2D eigenvalue weighted by molar-refractivity contribution is -0.116. The molecule has 1 unspecified atom stereocenters. The maximum atomic E-state index is 13.9. The van der Waals surface area contributed by atoms with E-state index >= 15 is 0 Å². The number of imide groups is 2. The molecule has 0 fully saturated rings. The summed E-state index contributed by atoms with van der Waals surface area (Å²) in [6, 6.07) is 25.6. The molecule has 0 spiro atoms. The smallest absolute Gasteiger partial charge is 0.281 e. The number of anilines is 1. The number of hydrazone groups is 1. The molecule has 2 aliphatic carbocycles. The molecule has 5 aromatic carbocycles. The fraction of sp³-hybridized carbons (Fsp3) is 0.241. The van der Waals surface area contributed by atoms with Crippen molar-refractivity contribution >= 4 is 68.3 Å². The van der Waals surface area contributed by atoms with Crippen molar-refractivity contribution in [2.75, 3.05) is 31.2 Å². The summed E-state index contributed by atoms with van der Waals surface area (Å²) in [5, 5.41) is 31.8. The Hall–Kier alpha value is -7.77. The summed E-state index contributed by atoms with van der Waals surface area (Å²) in [4.78, 5) is 87.1. The third-order valence-electron chi connectivity index (χ3n) is 13.5. The lowest BCUT2D eigenvalue weighted by Crippen LogP contribution is -2.42. The minimum atomic E-state index is -1.20. The predicted molar refractivity (Wildman–Crippen MR) is 254 cm³/mol. The monoisotopic (exact) mass is 893 g/mol. The first-order valence-electron chi connectivity index (χ1n) is 22.6. The molecule has 0 radical (unpaired) electrons. The first-order valence-corrected chi connectivity index (χ1v) is 22.6. The van der Waals surface area contributed by atoms with E-state index in [-0.39, 0.29) is 71.2 Å². The zero-order chi connectivity index (χ0) is 47.0. The number of carbonyl (C=O) groups is 6. The fourth-order valence-electron chi connectivity index (χ4n) is 10.5. The normalized spacial score (nSPS) is 19.2. The van der Waals surface area contributed by atoms with Crippen LogP contribution < -0.4 is 5.01 Å². The number of allylic oxidation sites excluding steroid dienone is 3. The predicted octanol–water partition coefficient (Wildman–Crippen LogP) is 7.97. The van der Waals surface area contributed by atoms with Crippen molar-refractivity contribution in [3.63, 3.8) is 0 Å². The highest BCUT2D eigenvalue weighted by Crippen LogP contribution is 2.42. The van der Waals surface area contributed by atoms with Crippen LogP contribution in [0.25, 0.3) is 21.5 Å². The standard InChI is InChI=1S/C54H47N5O8/c1-29-26-30(2)47(31(3)27-29)59-54(67)42(32(4)55-59)46-48(61)45(49(46)62)36-21-20-35(28-41(36)60)56(23-11-25-58-52(65)39-18-9-14-34-15-10-19-40(44(34)39)53(58)66)22-5-6-24-57-50(63)37-16-7-12-33-13-8-17-38(43(33)37)51(57)64/h7-10,12-21,26-27,41,60-61H,5-6,11,22-25,28H2,1-4H3/b46-42+. The number of amides is 5. The molecular weight excluding hydrogens is 847 g/mol. The van der Waals surface area contributed by atoms with E-state index in [1.54, 1.807) is 55.5 Å². The van der Waals surface area contributed by atoms with Crippen molar-refractivity contribution in [3.05, 3.63) is 170 Å². The minimum Gasteiger partial charge on any atom is -0.506 e. The van der Waals surface area contributed by atoms with Crippen LogP contribution in [-0.4, -0.2) is 98.2 Å². The van der Waals surface area contributed by atoms with Gasteiger partial charge in [0.05, 0.1) is 34.2 Å². The van der Waals surface area contributed by atoms with Gasteiger partial charge in [-0.25, -0.2) is 0 Å². The fourth-order valence-corrected chi connectivity index (χ4v) is 10.5. The molecular formula is C54H47N5O8. The molecule has 1 atom stereocenters. The Morgan fingerprint density at radius 2 is 1.10 bits per heavy atom. The summed E-state index contributed by atoms with van der Waals surface area (Å²) in [6.45, 7) is 8.49. The van der Waals surface area contributed by atoms with Crippen LogP contribution in [0.4, 0.5) is 5.69 Å². The van der Waals surface area contributed by atoms with E-state index in [1.807, 2.05) is 74.2 Å². The molecule has 13 heteroatoms. The summed E-state index contributed by atoms with van der Waals surface area (Å²) in [5.74, 6) is -2.89. The van der Waals surface area contributed by atoms with Crippen molar-refractivity contribution in [2.24, 2.45) is 5.10 Å². The lowest BCUT2D eigenvalue weighted by Gasteiger charge is -2.34. The Bertz CT molecular complexity index is 3140. The van der Waals surface area contributed by atoms with Crippen LogP contribution >= 0.6 is 0 Å². The van der Waals surface area contributed by atoms with Crippen LogP contribution in [0.5, 0.6) is 0 Å². The number of hydrogen-bond acceptors (Lipinski definition) is 10. The van der Waals surface area contributed by atoms with E-state index in [4.69, 9.17) is 0 Å². The first kappa shape index (κ1) is 43.1. The van der Waals surface area contributed by atoms with Crippen LogP contribution in [0.1, 0.15) is 90.7 Å². The molecule has 0 aromatic heterocycles. The Kier molecular flexibility index (Phi) is 10.7. The highest BCUT2D eigenvalue weighted by molar-refractivity contribution is 6.37. The first-order chi connectivity index (χ1) is 32.2. The van der Waals surface area contributed by atoms with E-state index in [0.717, 1.165) is 27.5 Å². The number of unbranched alkanes of at least 4 members (excludes halogenated alkanes) is 1. The molecule has 2 N–H and O–H groups in total. The van der Waals surface area contributed by atoms with Gasteiger partial charge in [-0.15, -0.1) is 0 Å². The third kappa shape index (κ3) is 7.00. The van der Waals surface area contributed by atoms with Crippen molar-refractivity contribution in [3.8, 4) is 0 Å². The highest BCUT2D eigenvalue weighted by atomic mass is 16.3. The van der Waals surface area contributed by atoms with Crippen molar-refractivity contribution < 1.29 is 39.0 Å². The van der Waals surface area contributed by atoms with Gasteiger partial charge < -0.3 is 15.1 Å². The number of aryl methyl sites for hydroxylation is 3. The number of ketones is 1. The van der Waals surface area contributed by atoms with Gasteiger partial charge in [-0.1, -0.05) is 72.3 Å².